The summed E-state index contributed by atoms with van der Waals surface area (Å²) in [7, 11) is 0. The Hall–Kier alpha value is -3.02. The zero-order valence-corrected chi connectivity index (χ0v) is 18.0. The van der Waals surface area contributed by atoms with E-state index in [-0.39, 0.29) is 18.4 Å². The standard InChI is InChI=1S/C23H20Cl2N2O3/c1-14-12-17(24)8-11-20(14)26-22(28)13-30-18-9-6-16(7-10-18)23(29)27-21-5-3-4-19(25)15(21)2/h3-12H,13H2,1-2H3,(H,26,28)(H,27,29). The smallest absolute Gasteiger partial charge is 0.262 e. The van der Waals surface area contributed by atoms with Crippen molar-refractivity contribution in [2.45, 2.75) is 13.8 Å². The van der Waals surface area contributed by atoms with Gasteiger partial charge in [-0.3, -0.25) is 9.59 Å². The molecule has 5 nitrogen and oxygen atoms in total. The average Bonchev–Trinajstić information content (AvgIpc) is 2.72. The summed E-state index contributed by atoms with van der Waals surface area (Å²) < 4.78 is 5.50. The number of benzene rings is 3. The third kappa shape index (κ3) is 5.53. The van der Waals surface area contributed by atoms with E-state index in [1.165, 1.54) is 0 Å². The summed E-state index contributed by atoms with van der Waals surface area (Å²) in [5, 5.41) is 6.81. The highest BCUT2D eigenvalue weighted by Crippen LogP contribution is 2.24. The molecule has 2 N–H and O–H groups in total. The van der Waals surface area contributed by atoms with Crippen molar-refractivity contribution < 1.29 is 14.3 Å². The summed E-state index contributed by atoms with van der Waals surface area (Å²) in [5.74, 6) is -0.0741. The highest BCUT2D eigenvalue weighted by molar-refractivity contribution is 6.32. The fraction of sp³-hybridized carbons (Fsp3) is 0.130. The van der Waals surface area contributed by atoms with Crippen molar-refractivity contribution in [3.63, 3.8) is 0 Å². The number of halogens is 2. The van der Waals surface area contributed by atoms with E-state index in [0.717, 1.165) is 11.1 Å². The van der Waals surface area contributed by atoms with E-state index in [0.29, 0.717) is 32.7 Å². The van der Waals surface area contributed by atoms with Gasteiger partial charge in [-0.25, -0.2) is 0 Å². The number of hydrogen-bond donors (Lipinski definition) is 2. The van der Waals surface area contributed by atoms with Crippen LogP contribution in [0.3, 0.4) is 0 Å². The SMILES string of the molecule is Cc1cc(Cl)ccc1NC(=O)COc1ccc(C(=O)Nc2cccc(Cl)c2C)cc1. The number of anilines is 2. The Morgan fingerprint density at radius 1 is 0.900 bits per heavy atom. The average molecular weight is 443 g/mol. The van der Waals surface area contributed by atoms with Crippen molar-refractivity contribution in [3.05, 3.63) is 87.4 Å². The van der Waals surface area contributed by atoms with Gasteiger partial charge in [0.05, 0.1) is 0 Å². The molecular formula is C23H20Cl2N2O3. The van der Waals surface area contributed by atoms with E-state index >= 15 is 0 Å². The molecule has 0 aliphatic heterocycles. The zero-order valence-electron chi connectivity index (χ0n) is 16.5. The molecule has 0 fully saturated rings. The van der Waals surface area contributed by atoms with Crippen LogP contribution in [-0.2, 0) is 4.79 Å². The van der Waals surface area contributed by atoms with E-state index in [4.69, 9.17) is 27.9 Å². The summed E-state index contributed by atoms with van der Waals surface area (Å²) >= 11 is 12.0. The normalized spacial score (nSPS) is 10.4. The fourth-order valence-electron chi connectivity index (χ4n) is 2.74. The third-order valence-electron chi connectivity index (χ3n) is 4.46. The van der Waals surface area contributed by atoms with Crippen LogP contribution in [0.25, 0.3) is 0 Å². The second kappa shape index (κ2) is 9.65. The number of aryl methyl sites for hydroxylation is 1. The van der Waals surface area contributed by atoms with Crippen molar-refractivity contribution in [2.24, 2.45) is 0 Å². The largest absolute Gasteiger partial charge is 0.484 e. The minimum atomic E-state index is -0.293. The molecule has 0 saturated heterocycles. The number of nitrogens with one attached hydrogen (secondary N) is 2. The molecule has 0 aromatic heterocycles. The van der Waals surface area contributed by atoms with Crippen molar-refractivity contribution in [1.29, 1.82) is 0 Å². The van der Waals surface area contributed by atoms with Crippen LogP contribution in [0.15, 0.2) is 60.7 Å². The number of rotatable bonds is 6. The molecule has 7 heteroatoms. The first kappa shape index (κ1) is 21.7. The Morgan fingerprint density at radius 3 is 2.33 bits per heavy atom. The minimum absolute atomic E-state index is 0.157. The van der Waals surface area contributed by atoms with Gasteiger partial charge < -0.3 is 15.4 Å². The monoisotopic (exact) mass is 442 g/mol. The van der Waals surface area contributed by atoms with Gasteiger partial charge in [-0.1, -0.05) is 29.3 Å². The van der Waals surface area contributed by atoms with Gasteiger partial charge in [0.15, 0.2) is 6.61 Å². The summed E-state index contributed by atoms with van der Waals surface area (Å²) in [6, 6.07) is 17.1. The highest BCUT2D eigenvalue weighted by Gasteiger charge is 2.10. The Labute approximate surface area is 185 Å². The second-order valence-corrected chi connectivity index (χ2v) is 7.53. The lowest BCUT2D eigenvalue weighted by molar-refractivity contribution is -0.118. The number of carbonyl (C=O) groups excluding carboxylic acids is 2. The van der Waals surface area contributed by atoms with Gasteiger partial charge in [-0.15, -0.1) is 0 Å². The molecule has 0 radical (unpaired) electrons. The molecule has 0 aliphatic rings. The molecule has 3 rings (SSSR count). The van der Waals surface area contributed by atoms with Gasteiger partial charge in [0.2, 0.25) is 0 Å². The van der Waals surface area contributed by atoms with E-state index < -0.39 is 0 Å². The van der Waals surface area contributed by atoms with E-state index in [1.54, 1.807) is 60.7 Å². The predicted molar refractivity (Wildman–Crippen MR) is 121 cm³/mol. The van der Waals surface area contributed by atoms with Crippen molar-refractivity contribution in [1.82, 2.24) is 0 Å². The van der Waals surface area contributed by atoms with Gasteiger partial charge in [0, 0.05) is 27.0 Å². The molecule has 0 bridgehead atoms. The second-order valence-electron chi connectivity index (χ2n) is 6.69. The van der Waals surface area contributed by atoms with Gasteiger partial charge >= 0.3 is 0 Å². The summed E-state index contributed by atoms with van der Waals surface area (Å²) in [4.78, 5) is 24.6. The van der Waals surface area contributed by atoms with Crippen molar-refractivity contribution in [2.75, 3.05) is 17.2 Å². The number of carbonyl (C=O) groups is 2. The molecule has 0 saturated carbocycles. The van der Waals surface area contributed by atoms with Crippen LogP contribution in [0.4, 0.5) is 11.4 Å². The van der Waals surface area contributed by atoms with Crippen LogP contribution >= 0.6 is 23.2 Å². The Balaban J connectivity index is 1.55. The quantitative estimate of drug-likeness (QED) is 0.500. The van der Waals surface area contributed by atoms with Crippen LogP contribution in [0.2, 0.25) is 10.0 Å². The predicted octanol–water partition coefficient (Wildman–Crippen LogP) is 5.88. The van der Waals surface area contributed by atoms with Gasteiger partial charge in [0.25, 0.3) is 11.8 Å². The molecule has 2 amide bonds. The zero-order chi connectivity index (χ0) is 21.7. The first-order valence-corrected chi connectivity index (χ1v) is 9.94. The first-order valence-electron chi connectivity index (χ1n) is 9.19. The van der Waals surface area contributed by atoms with Crippen LogP contribution in [0, 0.1) is 13.8 Å². The van der Waals surface area contributed by atoms with Crippen molar-refractivity contribution in [3.8, 4) is 5.75 Å². The van der Waals surface area contributed by atoms with Crippen LogP contribution in [0.5, 0.6) is 5.75 Å². The lowest BCUT2D eigenvalue weighted by Gasteiger charge is -2.11. The molecule has 0 atom stereocenters. The molecular weight excluding hydrogens is 423 g/mol. The van der Waals surface area contributed by atoms with Crippen LogP contribution in [-0.4, -0.2) is 18.4 Å². The number of amides is 2. The van der Waals surface area contributed by atoms with E-state index in [1.807, 2.05) is 13.8 Å². The number of ether oxygens (including phenoxy) is 1. The van der Waals surface area contributed by atoms with Crippen LogP contribution in [0.1, 0.15) is 21.5 Å². The summed E-state index contributed by atoms with van der Waals surface area (Å²) in [5.41, 5.74) is 3.46. The molecule has 0 aliphatic carbocycles. The highest BCUT2D eigenvalue weighted by atomic mass is 35.5. The Bertz CT molecular complexity index is 1080. The lowest BCUT2D eigenvalue weighted by Crippen LogP contribution is -2.20. The summed E-state index contributed by atoms with van der Waals surface area (Å²) in [6.07, 6.45) is 0. The molecule has 0 unspecified atom stereocenters. The molecule has 30 heavy (non-hydrogen) atoms. The topological polar surface area (TPSA) is 67.4 Å². The Morgan fingerprint density at radius 2 is 1.63 bits per heavy atom. The van der Waals surface area contributed by atoms with E-state index in [2.05, 4.69) is 10.6 Å². The van der Waals surface area contributed by atoms with E-state index in [9.17, 15) is 9.59 Å². The number of hydrogen-bond acceptors (Lipinski definition) is 3. The molecule has 3 aromatic carbocycles. The first-order chi connectivity index (χ1) is 14.3. The maximum absolute atomic E-state index is 12.4. The minimum Gasteiger partial charge on any atom is -0.484 e. The van der Waals surface area contributed by atoms with Crippen LogP contribution < -0.4 is 15.4 Å². The Kier molecular flexibility index (Phi) is 6.98. The maximum Gasteiger partial charge on any atom is 0.262 e. The van der Waals surface area contributed by atoms with Gasteiger partial charge in [-0.2, -0.15) is 0 Å². The molecule has 0 heterocycles. The van der Waals surface area contributed by atoms with Crippen molar-refractivity contribution >= 4 is 46.4 Å². The molecule has 0 spiro atoms. The lowest BCUT2D eigenvalue weighted by atomic mass is 10.1. The summed E-state index contributed by atoms with van der Waals surface area (Å²) in [6.45, 7) is 3.54. The third-order valence-corrected chi connectivity index (χ3v) is 5.11. The molecule has 154 valence electrons. The fourth-order valence-corrected chi connectivity index (χ4v) is 3.14. The van der Waals surface area contributed by atoms with Gasteiger partial charge in [-0.05, 0) is 79.6 Å². The molecule has 3 aromatic rings. The van der Waals surface area contributed by atoms with Gasteiger partial charge in [0.1, 0.15) is 5.75 Å². The maximum atomic E-state index is 12.4.